The van der Waals surface area contributed by atoms with Crippen LogP contribution in [0.4, 0.5) is 4.39 Å². The maximum atomic E-state index is 14.6. The summed E-state index contributed by atoms with van der Waals surface area (Å²) in [6.45, 7) is 7.14. The van der Waals surface area contributed by atoms with E-state index in [0.29, 0.717) is 5.25 Å². The monoisotopic (exact) mass is 802 g/mol. The number of thioether (sulfide) groups is 1. The van der Waals surface area contributed by atoms with Gasteiger partial charge >= 0.3 is 21.3 Å². The summed E-state index contributed by atoms with van der Waals surface area (Å²) >= 11 is 1.97. The Morgan fingerprint density at radius 3 is 2.12 bits per heavy atom. The van der Waals surface area contributed by atoms with Gasteiger partial charge in [-0.1, -0.05) is 104 Å². The number of alkyl halides is 1. The molecule has 52 heavy (non-hydrogen) atoms. The zero-order valence-electron chi connectivity index (χ0n) is 31.7. The highest BCUT2D eigenvalue weighted by molar-refractivity contribution is 7.99. The van der Waals surface area contributed by atoms with Crippen LogP contribution >= 0.6 is 27.4 Å². The predicted octanol–water partition coefficient (Wildman–Crippen LogP) is 8.90. The molecule has 0 spiro atoms. The molecule has 304 valence electrons. The number of phosphoric ester groups is 2. The van der Waals surface area contributed by atoms with Crippen LogP contribution in [0.1, 0.15) is 148 Å². The van der Waals surface area contributed by atoms with Crippen LogP contribution < -0.4 is 11.2 Å². The average molecular weight is 803 g/mol. The Labute approximate surface area is 313 Å². The van der Waals surface area contributed by atoms with E-state index < -0.39 is 52.0 Å². The van der Waals surface area contributed by atoms with Crippen LogP contribution in [0, 0.1) is 6.92 Å². The summed E-state index contributed by atoms with van der Waals surface area (Å²) in [5.41, 5.74) is -1.19. The molecule has 1 aromatic rings. The number of rotatable bonds is 31. The van der Waals surface area contributed by atoms with Crippen molar-refractivity contribution in [1.29, 1.82) is 0 Å². The van der Waals surface area contributed by atoms with Crippen molar-refractivity contribution in [2.45, 2.75) is 173 Å². The highest BCUT2D eigenvalue weighted by Crippen LogP contribution is 2.60. The molecular weight excluding hydrogens is 737 g/mol. The molecule has 2 heterocycles. The van der Waals surface area contributed by atoms with Gasteiger partial charge in [0.2, 0.25) is 0 Å². The Morgan fingerprint density at radius 2 is 1.48 bits per heavy atom. The molecule has 0 bridgehead atoms. The molecule has 0 aliphatic carbocycles. The van der Waals surface area contributed by atoms with Crippen molar-refractivity contribution in [1.82, 2.24) is 9.55 Å². The van der Waals surface area contributed by atoms with Crippen molar-refractivity contribution >= 4 is 27.4 Å². The van der Waals surface area contributed by atoms with Gasteiger partial charge in [0, 0.05) is 30.0 Å². The first-order chi connectivity index (χ1) is 24.8. The molecule has 7 atom stereocenters. The molecule has 1 aromatic heterocycles. The van der Waals surface area contributed by atoms with E-state index in [1.807, 2.05) is 11.8 Å². The van der Waals surface area contributed by atoms with Gasteiger partial charge in [0.15, 0.2) is 0 Å². The number of aromatic nitrogens is 2. The topological polar surface area (TPSA) is 176 Å². The van der Waals surface area contributed by atoms with Gasteiger partial charge in [0.25, 0.3) is 5.56 Å². The summed E-state index contributed by atoms with van der Waals surface area (Å²) in [4.78, 5) is 45.9. The number of H-pyrrole nitrogens is 1. The summed E-state index contributed by atoms with van der Waals surface area (Å²) in [5, 5.41) is 0.343. The lowest BCUT2D eigenvalue weighted by Crippen LogP contribution is -2.33. The van der Waals surface area contributed by atoms with Crippen LogP contribution in [0.3, 0.4) is 0 Å². The number of nitrogens with zero attached hydrogens (tertiary/aromatic N) is 1. The summed E-state index contributed by atoms with van der Waals surface area (Å²) in [6.07, 6.45) is 17.1. The summed E-state index contributed by atoms with van der Waals surface area (Å²) in [5.74, 6) is 1.09. The number of ether oxygens (including phenoxy) is 2. The molecule has 0 amide bonds. The van der Waals surface area contributed by atoms with E-state index in [9.17, 15) is 32.9 Å². The van der Waals surface area contributed by atoms with Crippen LogP contribution in [0.25, 0.3) is 0 Å². The predicted molar refractivity (Wildman–Crippen MR) is 204 cm³/mol. The maximum Gasteiger partial charge on any atom is 0.481 e. The second-order valence-corrected chi connectivity index (χ2v) is 18.1. The number of aryl methyl sites for hydroxylation is 1. The van der Waals surface area contributed by atoms with Crippen LogP contribution in [-0.2, 0) is 32.0 Å². The minimum atomic E-state index is -5.17. The van der Waals surface area contributed by atoms with Gasteiger partial charge in [0.1, 0.15) is 18.5 Å². The molecule has 4 unspecified atom stereocenters. The van der Waals surface area contributed by atoms with E-state index in [-0.39, 0.29) is 37.7 Å². The third-order valence-electron chi connectivity index (χ3n) is 9.10. The Kier molecular flexibility index (Phi) is 23.7. The van der Waals surface area contributed by atoms with E-state index in [2.05, 4.69) is 30.1 Å². The van der Waals surface area contributed by atoms with Crippen LogP contribution in [0.5, 0.6) is 0 Å². The second kappa shape index (κ2) is 26.1. The fourth-order valence-electron chi connectivity index (χ4n) is 6.00. The number of nitrogens with one attached hydrogen (secondary N) is 1. The van der Waals surface area contributed by atoms with Crippen molar-refractivity contribution in [2.24, 2.45) is 0 Å². The zero-order chi connectivity index (χ0) is 38.4. The minimum Gasteiger partial charge on any atom is -0.377 e. The van der Waals surface area contributed by atoms with Gasteiger partial charge in [-0.3, -0.25) is 23.4 Å². The van der Waals surface area contributed by atoms with E-state index in [0.717, 1.165) is 23.2 Å². The van der Waals surface area contributed by atoms with Crippen LogP contribution in [0.15, 0.2) is 15.8 Å². The first-order valence-corrected chi connectivity index (χ1v) is 23.3. The van der Waals surface area contributed by atoms with Crippen molar-refractivity contribution < 1.29 is 46.1 Å². The maximum absolute atomic E-state index is 14.6. The Bertz CT molecular complexity index is 1340. The molecule has 3 N–H and O–H groups in total. The molecule has 0 aromatic carbocycles. The van der Waals surface area contributed by atoms with Crippen LogP contribution in [-0.4, -0.2) is 68.5 Å². The number of hydrogen-bond donors (Lipinski definition) is 3. The third-order valence-corrected chi connectivity index (χ3v) is 13.3. The average Bonchev–Trinajstić information content (AvgIpc) is 3.45. The fraction of sp³-hybridized carbons (Fsp3) is 0.886. The Hall–Kier alpha value is -0.860. The highest BCUT2D eigenvalue weighted by atomic mass is 32.2. The molecule has 13 nitrogen and oxygen atoms in total. The second-order valence-electron chi connectivity index (χ2n) is 13.7. The molecule has 1 saturated heterocycles. The van der Waals surface area contributed by atoms with Gasteiger partial charge in [-0.05, 0) is 38.9 Å². The molecule has 1 fully saturated rings. The van der Waals surface area contributed by atoms with E-state index in [1.54, 1.807) is 0 Å². The number of aromatic amines is 1. The van der Waals surface area contributed by atoms with Gasteiger partial charge in [-0.15, -0.1) is 0 Å². The molecule has 2 rings (SSSR count). The quantitative estimate of drug-likeness (QED) is 0.0481. The smallest absolute Gasteiger partial charge is 0.377 e. The normalized spacial score (nSPS) is 21.2. The largest absolute Gasteiger partial charge is 0.481 e. The highest BCUT2D eigenvalue weighted by Gasteiger charge is 2.41. The lowest BCUT2D eigenvalue weighted by atomic mass is 10.1. The van der Waals surface area contributed by atoms with Gasteiger partial charge in [0.05, 0.1) is 19.3 Å². The van der Waals surface area contributed by atoms with E-state index in [1.165, 1.54) is 103 Å². The summed E-state index contributed by atoms with van der Waals surface area (Å²) in [6, 6.07) is 0. The van der Waals surface area contributed by atoms with Crippen molar-refractivity contribution in [3.8, 4) is 0 Å². The number of phosphoric acid groups is 2. The summed E-state index contributed by atoms with van der Waals surface area (Å²) < 4.78 is 65.9. The van der Waals surface area contributed by atoms with Crippen molar-refractivity contribution in [3.05, 3.63) is 32.6 Å². The first kappa shape index (κ1) is 47.3. The molecule has 0 radical (unpaired) electrons. The molecule has 0 saturated carbocycles. The fourth-order valence-corrected chi connectivity index (χ4v) is 9.47. The molecule has 17 heteroatoms. The zero-order valence-corrected chi connectivity index (χ0v) is 34.3. The summed E-state index contributed by atoms with van der Waals surface area (Å²) in [7, 11) is -10.2. The first-order valence-electron chi connectivity index (χ1n) is 19.3. The van der Waals surface area contributed by atoms with Crippen LogP contribution in [0.2, 0.25) is 0 Å². The van der Waals surface area contributed by atoms with E-state index >= 15 is 0 Å². The Morgan fingerprint density at radius 1 is 0.904 bits per heavy atom. The number of halogens is 1. The van der Waals surface area contributed by atoms with Crippen molar-refractivity contribution in [3.63, 3.8) is 0 Å². The lowest BCUT2D eigenvalue weighted by Gasteiger charge is -2.24. The molecule has 1 aliphatic rings. The molecule has 1 aliphatic heterocycles. The minimum absolute atomic E-state index is 0.0221. The molecular formula is C35H65FN2O11P2S. The SMILES string of the molecule is CCCCCCCCCCCCSC(CCCCCCC)C(C)OCCCOP(=O)(O)OP(=O)(O)OC[C@H]1O[C@@H](n2cc(C)c(=O)[nH]c2=O)C[C@@H]1F. The third kappa shape index (κ3) is 19.6. The van der Waals surface area contributed by atoms with Gasteiger partial charge in [-0.25, -0.2) is 18.3 Å². The lowest BCUT2D eigenvalue weighted by molar-refractivity contribution is -0.0352. The number of unbranched alkanes of at least 4 members (excludes halogenated alkanes) is 13. The van der Waals surface area contributed by atoms with E-state index in [4.69, 9.17) is 18.5 Å². The Balaban J connectivity index is 1.70. The van der Waals surface area contributed by atoms with Gasteiger partial charge in [-0.2, -0.15) is 16.1 Å². The van der Waals surface area contributed by atoms with Gasteiger partial charge < -0.3 is 19.3 Å². The number of hydrogen-bond acceptors (Lipinski definition) is 10. The van der Waals surface area contributed by atoms with Crippen molar-refractivity contribution in [2.75, 3.05) is 25.6 Å². The standard InChI is InChI=1S/C35H65FN2O11P2S/c1-5-7-9-11-12-13-14-15-17-19-24-52-32(21-18-16-10-8-6-2)29(4)45-22-20-23-46-50(41,42)49-51(43,44)47-27-31-30(36)25-33(48-31)38-26-28(3)34(39)37-35(38)40/h26,29-33H,5-25,27H2,1-4H3,(H,41,42)(H,43,44)(H,37,39,40)/t29?,30-,31+,32?,33+/m0/s1.